The fraction of sp³-hybridized carbons (Fsp3) is 0.292. The van der Waals surface area contributed by atoms with Gasteiger partial charge in [0.2, 0.25) is 0 Å². The maximum absolute atomic E-state index is 4.78. The van der Waals surface area contributed by atoms with Crippen molar-refractivity contribution in [1.82, 2.24) is 24.5 Å². The maximum Gasteiger partial charge on any atom is 0.143 e. The van der Waals surface area contributed by atoms with Crippen LogP contribution in [0.2, 0.25) is 0 Å². The van der Waals surface area contributed by atoms with Crippen molar-refractivity contribution in [3.8, 4) is 0 Å². The Hall–Kier alpha value is -3.21. The number of hydrogen-bond donors (Lipinski definition) is 1. The lowest BCUT2D eigenvalue weighted by Crippen LogP contribution is -2.05. The fourth-order valence-corrected chi connectivity index (χ4v) is 4.96. The smallest absolute Gasteiger partial charge is 0.143 e. The van der Waals surface area contributed by atoms with Gasteiger partial charge in [0, 0.05) is 40.8 Å². The molecule has 1 N–H and O–H groups in total. The van der Waals surface area contributed by atoms with Gasteiger partial charge in [0.1, 0.15) is 17.6 Å². The van der Waals surface area contributed by atoms with Crippen LogP contribution in [-0.4, -0.2) is 24.5 Å². The second-order valence-electron chi connectivity index (χ2n) is 8.33. The van der Waals surface area contributed by atoms with E-state index in [9.17, 15) is 0 Å². The lowest BCUT2D eigenvalue weighted by atomic mass is 9.97. The van der Waals surface area contributed by atoms with E-state index < -0.39 is 0 Å². The highest BCUT2D eigenvalue weighted by molar-refractivity contribution is 5.91. The van der Waals surface area contributed by atoms with Crippen LogP contribution in [0.4, 0.5) is 0 Å². The van der Waals surface area contributed by atoms with E-state index in [1.807, 2.05) is 12.4 Å². The zero-order valence-electron chi connectivity index (χ0n) is 16.3. The lowest BCUT2D eigenvalue weighted by molar-refractivity contribution is 0.461. The molecule has 0 saturated heterocycles. The number of nitrogens with zero attached hydrogens (tertiary/aromatic N) is 4. The normalized spacial score (nSPS) is 19.6. The average Bonchev–Trinajstić information content (AvgIpc) is 3.49. The molecule has 4 aromatic heterocycles. The van der Waals surface area contributed by atoms with Crippen molar-refractivity contribution >= 4 is 33.0 Å². The molecule has 1 aliphatic rings. The summed E-state index contributed by atoms with van der Waals surface area (Å²) in [4.78, 5) is 16.6. The molecule has 2 atom stereocenters. The minimum Gasteiger partial charge on any atom is -0.346 e. The van der Waals surface area contributed by atoms with Crippen molar-refractivity contribution < 1.29 is 0 Å². The Bertz CT molecular complexity index is 1310. The fourth-order valence-electron chi connectivity index (χ4n) is 4.96. The predicted molar refractivity (Wildman–Crippen MR) is 116 cm³/mol. The molecule has 2 unspecified atom stereocenters. The highest BCUT2D eigenvalue weighted by Crippen LogP contribution is 2.38. The van der Waals surface area contributed by atoms with Crippen LogP contribution >= 0.6 is 0 Å². The van der Waals surface area contributed by atoms with Crippen molar-refractivity contribution in [3.63, 3.8) is 0 Å². The van der Waals surface area contributed by atoms with Crippen molar-refractivity contribution in [2.24, 2.45) is 5.92 Å². The molecule has 0 bridgehead atoms. The van der Waals surface area contributed by atoms with E-state index in [0.717, 1.165) is 34.5 Å². The SMILES string of the molecule is c1ncc2ccn(C3CCC(CCc4ccc5cc6cc[nH]c6nc5c4)C3)c2n1. The first-order valence-electron chi connectivity index (χ1n) is 10.5. The van der Waals surface area contributed by atoms with Gasteiger partial charge in [-0.2, -0.15) is 0 Å². The molecule has 1 saturated carbocycles. The number of H-pyrrole nitrogens is 1. The monoisotopic (exact) mass is 381 g/mol. The second kappa shape index (κ2) is 6.69. The molecule has 5 nitrogen and oxygen atoms in total. The Labute approximate surface area is 168 Å². The molecule has 5 aromatic rings. The number of fused-ring (bicyclic) bond motifs is 3. The van der Waals surface area contributed by atoms with Crippen LogP contribution in [0, 0.1) is 5.92 Å². The molecular weight excluding hydrogens is 358 g/mol. The molecule has 0 radical (unpaired) electrons. The Morgan fingerprint density at radius 1 is 1.03 bits per heavy atom. The van der Waals surface area contributed by atoms with E-state index >= 15 is 0 Å². The number of aromatic amines is 1. The summed E-state index contributed by atoms with van der Waals surface area (Å²) < 4.78 is 2.36. The first-order chi connectivity index (χ1) is 14.3. The largest absolute Gasteiger partial charge is 0.346 e. The van der Waals surface area contributed by atoms with Gasteiger partial charge in [0.15, 0.2) is 0 Å². The molecule has 1 aromatic carbocycles. The van der Waals surface area contributed by atoms with Crippen LogP contribution in [-0.2, 0) is 6.42 Å². The van der Waals surface area contributed by atoms with Gasteiger partial charge in [-0.25, -0.2) is 15.0 Å². The first kappa shape index (κ1) is 16.7. The number of aromatic nitrogens is 5. The van der Waals surface area contributed by atoms with Crippen LogP contribution in [0.25, 0.3) is 33.0 Å². The molecule has 6 rings (SSSR count). The maximum atomic E-state index is 4.78. The van der Waals surface area contributed by atoms with E-state index in [1.165, 1.54) is 42.0 Å². The highest BCUT2D eigenvalue weighted by Gasteiger charge is 2.26. The van der Waals surface area contributed by atoms with Gasteiger partial charge >= 0.3 is 0 Å². The van der Waals surface area contributed by atoms with Crippen molar-refractivity contribution in [2.75, 3.05) is 0 Å². The number of rotatable bonds is 4. The van der Waals surface area contributed by atoms with Crippen LogP contribution < -0.4 is 0 Å². The van der Waals surface area contributed by atoms with Crippen molar-refractivity contribution in [3.05, 3.63) is 66.9 Å². The summed E-state index contributed by atoms with van der Waals surface area (Å²) >= 11 is 0. The van der Waals surface area contributed by atoms with Crippen LogP contribution in [0.3, 0.4) is 0 Å². The molecule has 4 heterocycles. The minimum absolute atomic E-state index is 0.562. The summed E-state index contributed by atoms with van der Waals surface area (Å²) in [5.74, 6) is 0.772. The second-order valence-corrected chi connectivity index (χ2v) is 8.33. The van der Waals surface area contributed by atoms with Gasteiger partial charge in [0.25, 0.3) is 0 Å². The van der Waals surface area contributed by atoms with Gasteiger partial charge < -0.3 is 9.55 Å². The summed E-state index contributed by atoms with van der Waals surface area (Å²) in [6.07, 6.45) is 13.8. The third kappa shape index (κ3) is 2.97. The van der Waals surface area contributed by atoms with Gasteiger partial charge in [-0.3, -0.25) is 0 Å². The molecule has 0 aliphatic heterocycles. The standard InChI is InChI=1S/C24H23N5/c1(2-17-3-5-18-13-19-7-9-26-23(19)28-22(18)12-17)16-4-6-21(11-16)29-10-8-20-14-25-15-27-24(20)29/h3,5,7-10,12-16,21H,1-2,4,6,11H2,(H,26,28). The predicted octanol–water partition coefficient (Wildman–Crippen LogP) is 5.43. The molecular formula is C24H23N5. The van der Waals surface area contributed by atoms with E-state index in [2.05, 4.69) is 62.1 Å². The Balaban J connectivity index is 1.16. The van der Waals surface area contributed by atoms with E-state index in [4.69, 9.17) is 4.98 Å². The minimum atomic E-state index is 0.562. The zero-order valence-corrected chi connectivity index (χ0v) is 16.3. The summed E-state index contributed by atoms with van der Waals surface area (Å²) in [5, 5.41) is 3.52. The highest BCUT2D eigenvalue weighted by atomic mass is 15.1. The van der Waals surface area contributed by atoms with Crippen molar-refractivity contribution in [1.29, 1.82) is 0 Å². The molecule has 1 aliphatic carbocycles. The van der Waals surface area contributed by atoms with Gasteiger partial charge in [-0.05, 0) is 67.9 Å². The summed E-state index contributed by atoms with van der Waals surface area (Å²) in [7, 11) is 0. The number of aryl methyl sites for hydroxylation is 1. The Morgan fingerprint density at radius 2 is 2.03 bits per heavy atom. The van der Waals surface area contributed by atoms with Gasteiger partial charge in [-0.1, -0.05) is 12.1 Å². The number of nitrogens with one attached hydrogen (secondary N) is 1. The topological polar surface area (TPSA) is 59.4 Å². The average molecular weight is 381 g/mol. The molecule has 0 spiro atoms. The van der Waals surface area contributed by atoms with Crippen LogP contribution in [0.1, 0.15) is 37.3 Å². The Morgan fingerprint density at radius 3 is 3.03 bits per heavy atom. The van der Waals surface area contributed by atoms with Crippen LogP contribution in [0.5, 0.6) is 0 Å². The third-order valence-corrected chi connectivity index (χ3v) is 6.52. The number of hydrogen-bond acceptors (Lipinski definition) is 3. The number of benzene rings is 1. The molecule has 29 heavy (non-hydrogen) atoms. The quantitative estimate of drug-likeness (QED) is 0.451. The summed E-state index contributed by atoms with van der Waals surface area (Å²) in [6, 6.07) is 13.7. The molecule has 0 amide bonds. The van der Waals surface area contributed by atoms with Gasteiger partial charge in [-0.15, -0.1) is 0 Å². The lowest BCUT2D eigenvalue weighted by Gasteiger charge is -2.14. The van der Waals surface area contributed by atoms with Crippen molar-refractivity contribution in [2.45, 2.75) is 38.1 Å². The zero-order chi connectivity index (χ0) is 19.2. The molecule has 144 valence electrons. The van der Waals surface area contributed by atoms with E-state index in [1.54, 1.807) is 6.33 Å². The van der Waals surface area contributed by atoms with Gasteiger partial charge in [0.05, 0.1) is 5.52 Å². The third-order valence-electron chi connectivity index (χ3n) is 6.52. The molecule has 5 heteroatoms. The Kier molecular flexibility index (Phi) is 3.86. The molecule has 1 fully saturated rings. The summed E-state index contributed by atoms with van der Waals surface area (Å²) in [6.45, 7) is 0. The summed E-state index contributed by atoms with van der Waals surface area (Å²) in [5.41, 5.74) is 4.51. The van der Waals surface area contributed by atoms with Crippen LogP contribution in [0.15, 0.2) is 61.3 Å². The van der Waals surface area contributed by atoms with E-state index in [-0.39, 0.29) is 0 Å². The van der Waals surface area contributed by atoms with E-state index in [0.29, 0.717) is 6.04 Å². The number of pyridine rings is 1. The first-order valence-corrected chi connectivity index (χ1v) is 10.5.